The van der Waals surface area contributed by atoms with E-state index < -0.39 is 5.82 Å². The number of thioether (sulfide) groups is 1. The summed E-state index contributed by atoms with van der Waals surface area (Å²) in [6.45, 7) is 5.92. The summed E-state index contributed by atoms with van der Waals surface area (Å²) in [6.07, 6.45) is 0. The molecule has 0 aliphatic heterocycles. The minimum Gasteiger partial charge on any atom is -0.398 e. The van der Waals surface area contributed by atoms with E-state index in [1.165, 1.54) is 17.8 Å². The van der Waals surface area contributed by atoms with Crippen LogP contribution >= 0.6 is 23.4 Å². The molecule has 1 aromatic carbocycles. The van der Waals surface area contributed by atoms with E-state index in [1.54, 1.807) is 0 Å². The van der Waals surface area contributed by atoms with E-state index in [-0.39, 0.29) is 15.5 Å². The van der Waals surface area contributed by atoms with Crippen LogP contribution in [0.15, 0.2) is 11.0 Å². The van der Waals surface area contributed by atoms with Gasteiger partial charge in [0.15, 0.2) is 5.82 Å². The molecule has 2 nitrogen and oxygen atoms in total. The van der Waals surface area contributed by atoms with Gasteiger partial charge in [-0.3, -0.25) is 0 Å². The van der Waals surface area contributed by atoms with Crippen LogP contribution in [-0.4, -0.2) is 4.75 Å². The molecule has 1 aromatic rings. The standard InChI is InChI=1S/C10H14ClFN2S/c1-10(2,3)15-9-6(14)4-5(13)7(11)8(9)12/h4H,13-14H2,1-3H3. The first-order valence-corrected chi connectivity index (χ1v) is 5.64. The molecular formula is C10H14ClFN2S. The molecule has 15 heavy (non-hydrogen) atoms. The molecule has 84 valence electrons. The number of nitrogens with two attached hydrogens (primary N) is 2. The lowest BCUT2D eigenvalue weighted by Gasteiger charge is -2.20. The van der Waals surface area contributed by atoms with Crippen molar-refractivity contribution in [2.24, 2.45) is 0 Å². The molecule has 5 heteroatoms. The normalized spacial score (nSPS) is 11.8. The van der Waals surface area contributed by atoms with Gasteiger partial charge in [-0.25, -0.2) is 4.39 Å². The van der Waals surface area contributed by atoms with Crippen molar-refractivity contribution in [3.05, 3.63) is 16.9 Å². The summed E-state index contributed by atoms with van der Waals surface area (Å²) in [5, 5.41) is -0.0593. The average Bonchev–Trinajstić information content (AvgIpc) is 2.07. The predicted octanol–water partition coefficient (Wildman–Crippen LogP) is 3.53. The Morgan fingerprint density at radius 3 is 2.27 bits per heavy atom. The van der Waals surface area contributed by atoms with Gasteiger partial charge in [0.1, 0.15) is 5.02 Å². The van der Waals surface area contributed by atoms with Crippen LogP contribution < -0.4 is 11.5 Å². The third-order valence-corrected chi connectivity index (χ3v) is 3.24. The van der Waals surface area contributed by atoms with Gasteiger partial charge in [-0.1, -0.05) is 32.4 Å². The maximum absolute atomic E-state index is 13.7. The van der Waals surface area contributed by atoms with Crippen LogP contribution in [0, 0.1) is 5.82 Å². The highest BCUT2D eigenvalue weighted by Gasteiger charge is 2.20. The largest absolute Gasteiger partial charge is 0.398 e. The summed E-state index contributed by atoms with van der Waals surface area (Å²) in [6, 6.07) is 1.49. The van der Waals surface area contributed by atoms with E-state index in [0.717, 1.165) is 0 Å². The molecule has 0 spiro atoms. The Morgan fingerprint density at radius 2 is 1.80 bits per heavy atom. The van der Waals surface area contributed by atoms with Gasteiger partial charge >= 0.3 is 0 Å². The molecule has 0 fully saturated rings. The van der Waals surface area contributed by atoms with Crippen molar-refractivity contribution in [3.8, 4) is 0 Å². The Hall–Kier alpha value is -0.610. The van der Waals surface area contributed by atoms with Gasteiger partial charge in [0.25, 0.3) is 0 Å². The highest BCUT2D eigenvalue weighted by molar-refractivity contribution is 8.00. The Morgan fingerprint density at radius 1 is 1.27 bits per heavy atom. The first-order chi connectivity index (χ1) is 6.72. The van der Waals surface area contributed by atoms with E-state index in [1.807, 2.05) is 20.8 Å². The summed E-state index contributed by atoms with van der Waals surface area (Å²) in [5.41, 5.74) is 11.7. The smallest absolute Gasteiger partial charge is 0.159 e. The van der Waals surface area contributed by atoms with Crippen LogP contribution in [0.3, 0.4) is 0 Å². The average molecular weight is 249 g/mol. The third-order valence-electron chi connectivity index (χ3n) is 1.63. The van der Waals surface area contributed by atoms with Gasteiger partial charge < -0.3 is 11.5 Å². The lowest BCUT2D eigenvalue weighted by atomic mass is 10.2. The molecule has 4 N–H and O–H groups in total. The van der Waals surface area contributed by atoms with Crippen molar-refractivity contribution in [1.29, 1.82) is 0 Å². The molecule has 0 saturated heterocycles. The highest BCUT2D eigenvalue weighted by atomic mass is 35.5. The van der Waals surface area contributed by atoms with Crippen LogP contribution in [0.2, 0.25) is 5.02 Å². The molecule has 0 amide bonds. The van der Waals surface area contributed by atoms with E-state index in [4.69, 9.17) is 23.1 Å². The van der Waals surface area contributed by atoms with Crippen LogP contribution in [0.25, 0.3) is 0 Å². The summed E-state index contributed by atoms with van der Waals surface area (Å²) >= 11 is 7.05. The zero-order valence-corrected chi connectivity index (χ0v) is 10.5. The molecule has 0 saturated carbocycles. The number of anilines is 2. The molecule has 0 atom stereocenters. The topological polar surface area (TPSA) is 52.0 Å². The van der Waals surface area contributed by atoms with Gasteiger partial charge in [-0.15, -0.1) is 11.8 Å². The summed E-state index contributed by atoms with van der Waals surface area (Å²) in [4.78, 5) is 0.363. The lowest BCUT2D eigenvalue weighted by molar-refractivity contribution is 0.603. The maximum Gasteiger partial charge on any atom is 0.159 e. The number of rotatable bonds is 1. The minimum absolute atomic E-state index is 0.0593. The summed E-state index contributed by atoms with van der Waals surface area (Å²) in [5.74, 6) is -0.533. The Kier molecular flexibility index (Phi) is 3.41. The van der Waals surface area contributed by atoms with Gasteiger partial charge in [0.2, 0.25) is 0 Å². The van der Waals surface area contributed by atoms with E-state index in [9.17, 15) is 4.39 Å². The van der Waals surface area contributed by atoms with Crippen LogP contribution in [0.5, 0.6) is 0 Å². The second-order valence-corrected chi connectivity index (χ2v) is 6.44. The van der Waals surface area contributed by atoms with Crippen LogP contribution in [-0.2, 0) is 0 Å². The van der Waals surface area contributed by atoms with E-state index in [2.05, 4.69) is 0 Å². The summed E-state index contributed by atoms with van der Waals surface area (Å²) < 4.78 is 13.6. The van der Waals surface area contributed by atoms with Crippen molar-refractivity contribution in [2.45, 2.75) is 30.4 Å². The Bertz CT molecular complexity index is 388. The number of hydrogen-bond acceptors (Lipinski definition) is 3. The molecule has 0 radical (unpaired) electrons. The lowest BCUT2D eigenvalue weighted by Crippen LogP contribution is -2.09. The molecule has 1 rings (SSSR count). The van der Waals surface area contributed by atoms with Crippen molar-refractivity contribution in [2.75, 3.05) is 11.5 Å². The van der Waals surface area contributed by atoms with Gasteiger partial charge in [-0.05, 0) is 6.07 Å². The van der Waals surface area contributed by atoms with Gasteiger partial charge in [-0.2, -0.15) is 0 Å². The fourth-order valence-corrected chi connectivity index (χ4v) is 2.25. The molecular weight excluding hydrogens is 235 g/mol. The van der Waals surface area contributed by atoms with Gasteiger partial charge in [0.05, 0.1) is 16.3 Å². The van der Waals surface area contributed by atoms with Crippen molar-refractivity contribution in [1.82, 2.24) is 0 Å². The number of nitrogen functional groups attached to an aromatic ring is 2. The van der Waals surface area contributed by atoms with Gasteiger partial charge in [0, 0.05) is 4.75 Å². The molecule has 0 aliphatic carbocycles. The molecule has 0 aliphatic rings. The minimum atomic E-state index is -0.533. The number of hydrogen-bond donors (Lipinski definition) is 2. The first-order valence-electron chi connectivity index (χ1n) is 4.44. The summed E-state index contributed by atoms with van der Waals surface area (Å²) in [7, 11) is 0. The van der Waals surface area contributed by atoms with Crippen LogP contribution in [0.4, 0.5) is 15.8 Å². The van der Waals surface area contributed by atoms with Crippen molar-refractivity contribution < 1.29 is 4.39 Å². The zero-order valence-electron chi connectivity index (χ0n) is 8.90. The fraction of sp³-hybridized carbons (Fsp3) is 0.400. The van der Waals surface area contributed by atoms with Crippen molar-refractivity contribution >= 4 is 34.7 Å². The molecule has 0 aromatic heterocycles. The van der Waals surface area contributed by atoms with Crippen molar-refractivity contribution in [3.63, 3.8) is 0 Å². The maximum atomic E-state index is 13.7. The monoisotopic (exact) mass is 248 g/mol. The number of halogens is 2. The third kappa shape index (κ3) is 2.92. The fourth-order valence-electron chi connectivity index (χ4n) is 1.06. The highest BCUT2D eigenvalue weighted by Crippen LogP contribution is 2.41. The zero-order chi connectivity index (χ0) is 11.8. The second kappa shape index (κ2) is 4.10. The molecule has 0 heterocycles. The Balaban J connectivity index is 3.24. The molecule has 0 bridgehead atoms. The SMILES string of the molecule is CC(C)(C)Sc1c(N)cc(N)c(Cl)c1F. The quantitative estimate of drug-likeness (QED) is 0.591. The Labute approximate surface area is 98.2 Å². The predicted molar refractivity (Wildman–Crippen MR) is 65.8 cm³/mol. The van der Waals surface area contributed by atoms with Crippen LogP contribution in [0.1, 0.15) is 20.8 Å². The number of benzene rings is 1. The van der Waals surface area contributed by atoms with E-state index in [0.29, 0.717) is 10.6 Å². The second-order valence-electron chi connectivity index (χ2n) is 4.23. The first kappa shape index (κ1) is 12.5. The van der Waals surface area contributed by atoms with E-state index >= 15 is 0 Å². The molecule has 0 unspecified atom stereocenters.